The molecular formula is C16H23NO3. The van der Waals surface area contributed by atoms with Crippen LogP contribution in [0.1, 0.15) is 38.5 Å². The molecule has 0 radical (unpaired) electrons. The van der Waals surface area contributed by atoms with Crippen LogP contribution in [-0.4, -0.2) is 25.8 Å². The van der Waals surface area contributed by atoms with E-state index in [2.05, 4.69) is 5.32 Å². The average molecular weight is 277 g/mol. The van der Waals surface area contributed by atoms with E-state index in [1.165, 1.54) is 0 Å². The van der Waals surface area contributed by atoms with E-state index in [0.717, 1.165) is 30.6 Å². The molecule has 0 atom stereocenters. The highest BCUT2D eigenvalue weighted by atomic mass is 16.5. The van der Waals surface area contributed by atoms with Gasteiger partial charge in [0, 0.05) is 25.5 Å². The molecule has 0 aliphatic heterocycles. The van der Waals surface area contributed by atoms with Crippen LogP contribution in [0.4, 0.5) is 0 Å². The first-order valence-electron chi connectivity index (χ1n) is 7.03. The minimum absolute atomic E-state index is 0.0592. The molecule has 0 fully saturated rings. The van der Waals surface area contributed by atoms with Crippen molar-refractivity contribution in [3.63, 3.8) is 0 Å². The quantitative estimate of drug-likeness (QED) is 0.694. The lowest BCUT2D eigenvalue weighted by Crippen LogP contribution is -2.16. The van der Waals surface area contributed by atoms with Gasteiger partial charge >= 0.3 is 0 Å². The van der Waals surface area contributed by atoms with Gasteiger partial charge in [0.05, 0.1) is 7.11 Å². The van der Waals surface area contributed by atoms with Crippen LogP contribution in [-0.2, 0) is 14.3 Å². The summed E-state index contributed by atoms with van der Waals surface area (Å²) >= 11 is 0. The first-order chi connectivity index (χ1) is 9.67. The summed E-state index contributed by atoms with van der Waals surface area (Å²) in [5.74, 6) is 1.01. The lowest BCUT2D eigenvalue weighted by Gasteiger charge is -2.02. The van der Waals surface area contributed by atoms with Crippen molar-refractivity contribution in [3.8, 4) is 0 Å². The summed E-state index contributed by atoms with van der Waals surface area (Å²) in [5, 5.41) is 2.59. The number of nitrogens with one attached hydrogen (secondary N) is 1. The van der Waals surface area contributed by atoms with Crippen molar-refractivity contribution in [2.24, 2.45) is 0 Å². The molecule has 0 aromatic rings. The van der Waals surface area contributed by atoms with E-state index in [0.29, 0.717) is 19.3 Å². The van der Waals surface area contributed by atoms with Crippen molar-refractivity contribution >= 4 is 11.7 Å². The highest BCUT2D eigenvalue weighted by molar-refractivity contribution is 5.98. The summed E-state index contributed by atoms with van der Waals surface area (Å²) in [4.78, 5) is 23.1. The number of hydrogen-bond donors (Lipinski definition) is 1. The normalized spacial score (nSPS) is 14.1. The van der Waals surface area contributed by atoms with Gasteiger partial charge in [0.25, 0.3) is 0 Å². The van der Waals surface area contributed by atoms with Gasteiger partial charge in [0.2, 0.25) is 5.91 Å². The zero-order valence-corrected chi connectivity index (χ0v) is 12.3. The van der Waals surface area contributed by atoms with Gasteiger partial charge in [-0.25, -0.2) is 0 Å². The first-order valence-corrected chi connectivity index (χ1v) is 7.03. The number of methoxy groups -OCH3 is 1. The number of amides is 1. The molecule has 0 unspecified atom stereocenters. The molecule has 20 heavy (non-hydrogen) atoms. The predicted molar refractivity (Wildman–Crippen MR) is 79.1 cm³/mol. The van der Waals surface area contributed by atoms with E-state index in [-0.39, 0.29) is 11.7 Å². The molecule has 4 heteroatoms. The molecule has 4 nitrogen and oxygen atoms in total. The number of carbonyl (C=O) groups is 2. The molecule has 1 aliphatic carbocycles. The predicted octanol–water partition coefficient (Wildman–Crippen LogP) is 2.67. The van der Waals surface area contributed by atoms with Gasteiger partial charge in [-0.05, 0) is 37.5 Å². The number of carbonyl (C=O) groups excluding carboxylic acids is 2. The molecule has 0 bridgehead atoms. The molecule has 0 saturated heterocycles. The van der Waals surface area contributed by atoms with Crippen LogP contribution in [0, 0.1) is 0 Å². The second-order valence-corrected chi connectivity index (χ2v) is 4.70. The van der Waals surface area contributed by atoms with Crippen molar-refractivity contribution < 1.29 is 14.3 Å². The Morgan fingerprint density at radius 1 is 1.15 bits per heavy atom. The van der Waals surface area contributed by atoms with E-state index in [9.17, 15) is 9.59 Å². The number of hydrogen-bond acceptors (Lipinski definition) is 3. The zero-order chi connectivity index (χ0) is 14.8. The molecule has 0 heterocycles. The van der Waals surface area contributed by atoms with Gasteiger partial charge in [-0.3, -0.25) is 9.59 Å². The molecular weight excluding hydrogens is 254 g/mol. The van der Waals surface area contributed by atoms with E-state index >= 15 is 0 Å². The van der Waals surface area contributed by atoms with Crippen LogP contribution in [0.5, 0.6) is 0 Å². The Kier molecular flexibility index (Phi) is 7.40. The topological polar surface area (TPSA) is 55.4 Å². The third kappa shape index (κ3) is 5.87. The van der Waals surface area contributed by atoms with Gasteiger partial charge in [-0.1, -0.05) is 12.5 Å². The van der Waals surface area contributed by atoms with E-state index < -0.39 is 0 Å². The Balaban J connectivity index is 2.27. The summed E-state index contributed by atoms with van der Waals surface area (Å²) in [7, 11) is 3.26. The molecule has 110 valence electrons. The Morgan fingerprint density at radius 3 is 2.60 bits per heavy atom. The third-order valence-electron chi connectivity index (χ3n) is 3.23. The van der Waals surface area contributed by atoms with Crippen molar-refractivity contribution in [3.05, 3.63) is 35.6 Å². The average Bonchev–Trinajstić information content (AvgIpc) is 2.71. The highest BCUT2D eigenvalue weighted by Crippen LogP contribution is 2.15. The number of ketones is 1. The Bertz CT molecular complexity index is 433. The summed E-state index contributed by atoms with van der Waals surface area (Å²) in [6.45, 7) is 0. The number of ether oxygens (including phenoxy) is 1. The van der Waals surface area contributed by atoms with Crippen LogP contribution in [0.15, 0.2) is 35.6 Å². The fourth-order valence-electron chi connectivity index (χ4n) is 1.99. The maximum Gasteiger partial charge on any atom is 0.219 e. The number of rotatable bonds is 8. The fraction of sp³-hybridized carbons (Fsp3) is 0.500. The van der Waals surface area contributed by atoms with Gasteiger partial charge in [-0.15, -0.1) is 0 Å². The second-order valence-electron chi connectivity index (χ2n) is 4.70. The fourth-order valence-corrected chi connectivity index (χ4v) is 1.99. The molecule has 1 N–H and O–H groups in total. The van der Waals surface area contributed by atoms with E-state index in [4.69, 9.17) is 4.74 Å². The maximum absolute atomic E-state index is 12.0. The molecule has 1 aliphatic rings. The summed E-state index contributed by atoms with van der Waals surface area (Å²) in [6.07, 6.45) is 11.8. The van der Waals surface area contributed by atoms with Crippen molar-refractivity contribution in [1.82, 2.24) is 5.32 Å². The van der Waals surface area contributed by atoms with Crippen LogP contribution in [0.3, 0.4) is 0 Å². The van der Waals surface area contributed by atoms with Gasteiger partial charge in [-0.2, -0.15) is 0 Å². The Morgan fingerprint density at radius 2 is 1.90 bits per heavy atom. The Hall–Kier alpha value is -1.84. The van der Waals surface area contributed by atoms with E-state index in [1.807, 2.05) is 24.3 Å². The summed E-state index contributed by atoms with van der Waals surface area (Å²) < 4.78 is 5.14. The van der Waals surface area contributed by atoms with Gasteiger partial charge in [0.1, 0.15) is 5.76 Å². The molecule has 0 spiro atoms. The SMILES string of the molecule is CNC(=O)CCCCCC(=O)C1=CCC=C(OC)C=C1. The molecule has 0 aromatic heterocycles. The minimum Gasteiger partial charge on any atom is -0.497 e. The van der Waals surface area contributed by atoms with E-state index in [1.54, 1.807) is 14.2 Å². The lowest BCUT2D eigenvalue weighted by atomic mass is 10.0. The van der Waals surface area contributed by atoms with Crippen LogP contribution in [0.25, 0.3) is 0 Å². The van der Waals surface area contributed by atoms with Crippen molar-refractivity contribution in [2.75, 3.05) is 14.2 Å². The van der Waals surface area contributed by atoms with Gasteiger partial charge < -0.3 is 10.1 Å². The molecule has 0 saturated carbocycles. The monoisotopic (exact) mass is 277 g/mol. The Labute approximate surface area is 120 Å². The number of allylic oxidation sites excluding steroid dienone is 5. The first kappa shape index (κ1) is 16.2. The van der Waals surface area contributed by atoms with Crippen LogP contribution < -0.4 is 5.32 Å². The smallest absolute Gasteiger partial charge is 0.219 e. The number of Topliss-reactive ketones (excluding diaryl/α,β-unsaturated/α-hetero) is 1. The maximum atomic E-state index is 12.0. The van der Waals surface area contributed by atoms with Crippen molar-refractivity contribution in [1.29, 1.82) is 0 Å². The van der Waals surface area contributed by atoms with Crippen LogP contribution in [0.2, 0.25) is 0 Å². The third-order valence-corrected chi connectivity index (χ3v) is 3.23. The van der Waals surface area contributed by atoms with Crippen molar-refractivity contribution in [2.45, 2.75) is 38.5 Å². The second kappa shape index (κ2) is 9.13. The van der Waals surface area contributed by atoms with Crippen LogP contribution >= 0.6 is 0 Å². The zero-order valence-electron chi connectivity index (χ0n) is 12.3. The number of unbranched alkanes of at least 4 members (excludes halogenated alkanes) is 2. The highest BCUT2D eigenvalue weighted by Gasteiger charge is 2.08. The molecule has 0 aromatic carbocycles. The lowest BCUT2D eigenvalue weighted by molar-refractivity contribution is -0.120. The summed E-state index contributed by atoms with van der Waals surface area (Å²) in [5.41, 5.74) is 0.750. The molecule has 1 amide bonds. The minimum atomic E-state index is 0.0592. The van der Waals surface area contributed by atoms with Gasteiger partial charge in [0.15, 0.2) is 5.78 Å². The molecule has 1 rings (SSSR count). The largest absolute Gasteiger partial charge is 0.497 e. The summed E-state index contributed by atoms with van der Waals surface area (Å²) in [6, 6.07) is 0. The standard InChI is InChI=1S/C16H23NO3/c1-17-16(19)10-5-3-4-9-15(18)13-7-6-8-14(20-2)12-11-13/h7-8,11-12H,3-6,9-10H2,1-2H3,(H,17,19).